The maximum atomic E-state index is 12.4. The number of esters is 1. The summed E-state index contributed by atoms with van der Waals surface area (Å²) in [7, 11) is 0. The van der Waals surface area contributed by atoms with E-state index >= 15 is 0 Å². The van der Waals surface area contributed by atoms with E-state index in [2.05, 4.69) is 19.9 Å². The standard InChI is InChI=1S/C21H30O3/c1-13(22)24-15-8-10-20(2)14(12-15)4-5-16-17-6-7-19(23)21(17,3)11-9-18(16)20/h4,15-18H,5-12H2,1-3H3/t15?,16?,17?,18?,20-,21-/m0/s1. The lowest BCUT2D eigenvalue weighted by atomic mass is 9.48. The van der Waals surface area contributed by atoms with Crippen molar-refractivity contribution in [3.8, 4) is 0 Å². The molecule has 0 aromatic carbocycles. The second-order valence-corrected chi connectivity index (χ2v) is 9.15. The largest absolute Gasteiger partial charge is 0.462 e. The number of hydrogen-bond acceptors (Lipinski definition) is 3. The van der Waals surface area contributed by atoms with Gasteiger partial charge in [0.25, 0.3) is 0 Å². The van der Waals surface area contributed by atoms with Crippen molar-refractivity contribution in [2.75, 3.05) is 0 Å². The summed E-state index contributed by atoms with van der Waals surface area (Å²) in [4.78, 5) is 23.7. The lowest BCUT2D eigenvalue weighted by Gasteiger charge is -2.56. The van der Waals surface area contributed by atoms with E-state index in [0.717, 1.165) is 44.9 Å². The van der Waals surface area contributed by atoms with Gasteiger partial charge >= 0.3 is 5.97 Å². The van der Waals surface area contributed by atoms with Crippen molar-refractivity contribution in [3.63, 3.8) is 0 Å². The minimum absolute atomic E-state index is 0.0438. The summed E-state index contributed by atoms with van der Waals surface area (Å²) in [5.74, 6) is 2.33. The van der Waals surface area contributed by atoms with Crippen LogP contribution in [-0.2, 0) is 14.3 Å². The molecule has 4 rings (SSSR count). The Hall–Kier alpha value is -1.12. The molecule has 3 heteroatoms. The molecule has 3 saturated carbocycles. The molecule has 0 aliphatic heterocycles. The molecule has 132 valence electrons. The zero-order valence-electron chi connectivity index (χ0n) is 15.3. The van der Waals surface area contributed by atoms with Crippen molar-refractivity contribution >= 4 is 11.8 Å². The van der Waals surface area contributed by atoms with Gasteiger partial charge in [0.15, 0.2) is 0 Å². The van der Waals surface area contributed by atoms with E-state index in [1.54, 1.807) is 0 Å². The molecule has 24 heavy (non-hydrogen) atoms. The molecule has 0 radical (unpaired) electrons. The van der Waals surface area contributed by atoms with Gasteiger partial charge in [-0.3, -0.25) is 9.59 Å². The van der Waals surface area contributed by atoms with E-state index in [4.69, 9.17) is 4.74 Å². The third kappa shape index (κ3) is 2.23. The van der Waals surface area contributed by atoms with E-state index < -0.39 is 0 Å². The maximum absolute atomic E-state index is 12.4. The number of rotatable bonds is 1. The molecule has 3 nitrogen and oxygen atoms in total. The first-order valence-electron chi connectivity index (χ1n) is 9.74. The number of fused-ring (bicyclic) bond motifs is 5. The molecule has 0 amide bonds. The highest BCUT2D eigenvalue weighted by Crippen LogP contribution is 2.64. The van der Waals surface area contributed by atoms with Crippen molar-refractivity contribution in [2.45, 2.75) is 78.2 Å². The number of carbonyl (C=O) groups excluding carboxylic acids is 2. The van der Waals surface area contributed by atoms with E-state index in [9.17, 15) is 9.59 Å². The number of ether oxygens (including phenoxy) is 1. The summed E-state index contributed by atoms with van der Waals surface area (Å²) in [5, 5.41) is 0. The first kappa shape index (κ1) is 16.4. The molecule has 4 aliphatic carbocycles. The van der Waals surface area contributed by atoms with Gasteiger partial charge < -0.3 is 4.74 Å². The van der Waals surface area contributed by atoms with Crippen LogP contribution in [0.2, 0.25) is 0 Å². The Morgan fingerprint density at radius 3 is 2.58 bits per heavy atom. The van der Waals surface area contributed by atoms with Crippen LogP contribution in [0.1, 0.15) is 72.1 Å². The van der Waals surface area contributed by atoms with Gasteiger partial charge in [-0.2, -0.15) is 0 Å². The summed E-state index contributed by atoms with van der Waals surface area (Å²) in [6.45, 7) is 6.19. The van der Waals surface area contributed by atoms with Crippen LogP contribution in [0.3, 0.4) is 0 Å². The normalized spacial score (nSPS) is 47.3. The minimum atomic E-state index is -0.157. The van der Waals surface area contributed by atoms with Crippen molar-refractivity contribution in [1.29, 1.82) is 0 Å². The predicted octanol–water partition coefficient (Wildman–Crippen LogP) is 4.45. The van der Waals surface area contributed by atoms with E-state index in [-0.39, 0.29) is 22.9 Å². The zero-order chi connectivity index (χ0) is 17.1. The van der Waals surface area contributed by atoms with Gasteiger partial charge in [0.2, 0.25) is 0 Å². The lowest BCUT2D eigenvalue weighted by molar-refractivity contribution is -0.148. The van der Waals surface area contributed by atoms with E-state index in [1.165, 1.54) is 18.9 Å². The van der Waals surface area contributed by atoms with E-state index in [0.29, 0.717) is 23.5 Å². The summed E-state index contributed by atoms with van der Waals surface area (Å²) in [6.07, 6.45) is 10.8. The monoisotopic (exact) mass is 330 g/mol. The van der Waals surface area contributed by atoms with Gasteiger partial charge in [0, 0.05) is 25.2 Å². The van der Waals surface area contributed by atoms with Gasteiger partial charge in [-0.15, -0.1) is 0 Å². The Bertz CT molecular complexity index is 606. The molecule has 0 heterocycles. The fourth-order valence-corrected chi connectivity index (χ4v) is 6.73. The Kier molecular flexibility index (Phi) is 3.71. The average molecular weight is 330 g/mol. The third-order valence-corrected chi connectivity index (χ3v) is 8.10. The topological polar surface area (TPSA) is 43.4 Å². The van der Waals surface area contributed by atoms with Crippen molar-refractivity contribution < 1.29 is 14.3 Å². The van der Waals surface area contributed by atoms with Crippen molar-refractivity contribution in [1.82, 2.24) is 0 Å². The molecule has 0 bridgehead atoms. The molecule has 0 spiro atoms. The molecule has 4 aliphatic rings. The number of ketones is 1. The Labute approximate surface area is 145 Å². The Morgan fingerprint density at radius 2 is 1.83 bits per heavy atom. The minimum Gasteiger partial charge on any atom is -0.462 e. The van der Waals surface area contributed by atoms with Gasteiger partial charge in [-0.25, -0.2) is 0 Å². The van der Waals surface area contributed by atoms with Gasteiger partial charge in [0.1, 0.15) is 11.9 Å². The maximum Gasteiger partial charge on any atom is 0.302 e. The summed E-state index contributed by atoms with van der Waals surface area (Å²) < 4.78 is 5.50. The van der Waals surface area contributed by atoms with Crippen LogP contribution in [-0.4, -0.2) is 17.9 Å². The molecule has 0 saturated heterocycles. The molecule has 0 aromatic rings. The van der Waals surface area contributed by atoms with Crippen LogP contribution in [0.5, 0.6) is 0 Å². The second-order valence-electron chi connectivity index (χ2n) is 9.15. The molecule has 3 fully saturated rings. The first-order valence-corrected chi connectivity index (χ1v) is 9.74. The third-order valence-electron chi connectivity index (χ3n) is 8.10. The molecule has 6 atom stereocenters. The summed E-state index contributed by atoms with van der Waals surface area (Å²) in [6, 6.07) is 0. The average Bonchev–Trinajstić information content (AvgIpc) is 2.83. The van der Waals surface area contributed by atoms with Gasteiger partial charge in [0.05, 0.1) is 0 Å². The highest BCUT2D eigenvalue weighted by atomic mass is 16.5. The van der Waals surface area contributed by atoms with Crippen molar-refractivity contribution in [3.05, 3.63) is 11.6 Å². The van der Waals surface area contributed by atoms with Crippen LogP contribution < -0.4 is 0 Å². The Balaban J connectivity index is 1.60. The smallest absolute Gasteiger partial charge is 0.302 e. The SMILES string of the molecule is CC(=O)OC1CC[C@@]2(C)C(=CCC3C2CC[C@]2(C)C(=O)CCC32)C1. The second kappa shape index (κ2) is 5.44. The van der Waals surface area contributed by atoms with Gasteiger partial charge in [-0.05, 0) is 61.7 Å². The van der Waals surface area contributed by atoms with Crippen LogP contribution in [0.15, 0.2) is 11.6 Å². The highest BCUT2D eigenvalue weighted by Gasteiger charge is 2.58. The highest BCUT2D eigenvalue weighted by molar-refractivity contribution is 5.87. The van der Waals surface area contributed by atoms with E-state index in [1.807, 2.05) is 0 Å². The number of allylic oxidation sites excluding steroid dienone is 1. The fourth-order valence-electron chi connectivity index (χ4n) is 6.73. The first-order chi connectivity index (χ1) is 11.3. The fraction of sp³-hybridized carbons (Fsp3) is 0.810. The number of carbonyl (C=O) groups is 2. The van der Waals surface area contributed by atoms with Crippen LogP contribution in [0.4, 0.5) is 0 Å². The van der Waals surface area contributed by atoms with Crippen LogP contribution in [0.25, 0.3) is 0 Å². The Morgan fingerprint density at radius 1 is 1.12 bits per heavy atom. The zero-order valence-corrected chi connectivity index (χ0v) is 15.3. The van der Waals surface area contributed by atoms with Crippen LogP contribution >= 0.6 is 0 Å². The number of Topliss-reactive ketones (excluding diaryl/α,β-unsaturated/α-hetero) is 1. The predicted molar refractivity (Wildman–Crippen MR) is 92.3 cm³/mol. The molecular weight excluding hydrogens is 300 g/mol. The quantitative estimate of drug-likeness (QED) is 0.527. The molecule has 4 unspecified atom stereocenters. The lowest BCUT2D eigenvalue weighted by Crippen LogP contribution is -2.50. The van der Waals surface area contributed by atoms with Gasteiger partial charge in [-0.1, -0.05) is 25.5 Å². The molecular formula is C21H30O3. The summed E-state index contributed by atoms with van der Waals surface area (Å²) in [5.41, 5.74) is 1.74. The van der Waals surface area contributed by atoms with Crippen LogP contribution in [0, 0.1) is 28.6 Å². The molecule has 0 aromatic heterocycles. The number of hydrogen-bond donors (Lipinski definition) is 0. The summed E-state index contributed by atoms with van der Waals surface area (Å²) >= 11 is 0. The van der Waals surface area contributed by atoms with Crippen molar-refractivity contribution in [2.24, 2.45) is 28.6 Å². The molecule has 0 N–H and O–H groups in total.